The summed E-state index contributed by atoms with van der Waals surface area (Å²) in [5.74, 6) is -2.44. The van der Waals surface area contributed by atoms with Crippen LogP contribution in [0.2, 0.25) is 0 Å². The molecule has 1 saturated heterocycles. The lowest BCUT2D eigenvalue weighted by molar-refractivity contribution is -0.139. The number of sulfonamides is 1. The van der Waals surface area contributed by atoms with E-state index in [1.807, 2.05) is 0 Å². The van der Waals surface area contributed by atoms with Crippen molar-refractivity contribution < 1.29 is 32.5 Å². The Kier molecular flexibility index (Phi) is 7.35. The Morgan fingerprint density at radius 3 is 2.50 bits per heavy atom. The Labute approximate surface area is 195 Å². The number of rotatable bonds is 9. The van der Waals surface area contributed by atoms with E-state index in [1.165, 1.54) is 13.8 Å². The van der Waals surface area contributed by atoms with Crippen LogP contribution in [0, 0.1) is 19.3 Å². The van der Waals surface area contributed by atoms with Gasteiger partial charge in [0.25, 0.3) is 10.0 Å². The summed E-state index contributed by atoms with van der Waals surface area (Å²) in [5, 5.41) is 20.2. The van der Waals surface area contributed by atoms with Gasteiger partial charge in [0.05, 0.1) is 25.1 Å². The molecule has 0 saturated carbocycles. The molecule has 2 aromatic rings. The molecule has 1 fully saturated rings. The zero-order valence-corrected chi connectivity index (χ0v) is 19.3. The van der Waals surface area contributed by atoms with Crippen LogP contribution in [0.1, 0.15) is 41.5 Å². The molecule has 13 nitrogen and oxygen atoms in total. The minimum absolute atomic E-state index is 0.0343. The average molecular weight is 495 g/mol. The van der Waals surface area contributed by atoms with E-state index in [9.17, 15) is 23.1 Å². The number of carbonyl (C=O) groups excluding carboxylic acids is 1. The summed E-state index contributed by atoms with van der Waals surface area (Å²) in [7, 11) is -4.49. The topological polar surface area (TPSA) is 215 Å². The van der Waals surface area contributed by atoms with Crippen molar-refractivity contribution in [3.8, 4) is 0 Å². The second-order valence-corrected chi connectivity index (χ2v) is 9.71. The number of aliphatic carboxylic acids is 1. The molecule has 1 aliphatic heterocycles. The molecule has 2 heterocycles. The Morgan fingerprint density at radius 1 is 1.32 bits per heavy atom. The van der Waals surface area contributed by atoms with E-state index in [4.69, 9.17) is 26.2 Å². The normalized spacial score (nSPS) is 19.0. The Hall–Kier alpha value is -3.33. The largest absolute Gasteiger partial charge is 0.480 e. The molecule has 7 N–H and O–H groups in total. The number of amides is 1. The van der Waals surface area contributed by atoms with Crippen LogP contribution in [0.25, 0.3) is 0 Å². The average Bonchev–Trinajstić information content (AvgIpc) is 3.37. The lowest BCUT2D eigenvalue weighted by atomic mass is 9.99. The fourth-order valence-corrected chi connectivity index (χ4v) is 5.33. The lowest BCUT2D eigenvalue weighted by Gasteiger charge is -2.24. The van der Waals surface area contributed by atoms with Crippen LogP contribution in [-0.4, -0.2) is 59.4 Å². The number of carbonyl (C=O) groups is 2. The van der Waals surface area contributed by atoms with Gasteiger partial charge in [-0.1, -0.05) is 29.4 Å². The van der Waals surface area contributed by atoms with Gasteiger partial charge in [0.2, 0.25) is 5.91 Å². The summed E-state index contributed by atoms with van der Waals surface area (Å²) in [6.45, 7) is 2.00. The van der Waals surface area contributed by atoms with Gasteiger partial charge in [-0.25, -0.2) is 12.7 Å². The van der Waals surface area contributed by atoms with Crippen LogP contribution < -0.4 is 16.9 Å². The van der Waals surface area contributed by atoms with Crippen LogP contribution in [0.15, 0.2) is 33.7 Å². The van der Waals surface area contributed by atoms with E-state index in [0.717, 1.165) is 5.56 Å². The minimum atomic E-state index is -4.49. The SMILES string of the molecule is Cc1noc(C)c1S(=O)(=O)N(C[C@H](N)C(=O)O)C(=O)C[C@H]1C[C@@H](c2ccc(C(=N)N)cc2)NO1. The highest BCUT2D eigenvalue weighted by atomic mass is 32.2. The van der Waals surface area contributed by atoms with Crippen molar-refractivity contribution in [3.05, 3.63) is 46.8 Å². The van der Waals surface area contributed by atoms with Crippen LogP contribution in [0.4, 0.5) is 0 Å². The van der Waals surface area contributed by atoms with Gasteiger partial charge in [-0.2, -0.15) is 5.48 Å². The minimum Gasteiger partial charge on any atom is -0.480 e. The summed E-state index contributed by atoms with van der Waals surface area (Å²) >= 11 is 0. The summed E-state index contributed by atoms with van der Waals surface area (Å²) in [6.07, 6.45) is -0.687. The quantitative estimate of drug-likeness (QED) is 0.230. The van der Waals surface area contributed by atoms with Gasteiger partial charge in [0.15, 0.2) is 10.7 Å². The van der Waals surface area contributed by atoms with E-state index >= 15 is 0 Å². The molecule has 3 rings (SSSR count). The van der Waals surface area contributed by atoms with Crippen molar-refractivity contribution in [3.63, 3.8) is 0 Å². The number of nitrogens with zero attached hydrogens (tertiary/aromatic N) is 2. The molecule has 184 valence electrons. The Balaban J connectivity index is 1.78. The number of hydrogen-bond donors (Lipinski definition) is 5. The molecule has 1 amide bonds. The number of hydrogen-bond acceptors (Lipinski definition) is 10. The molecular formula is C20H26N6O7S. The highest BCUT2D eigenvalue weighted by Gasteiger charge is 2.38. The first-order valence-electron chi connectivity index (χ1n) is 10.2. The first-order chi connectivity index (χ1) is 15.9. The van der Waals surface area contributed by atoms with Crippen LogP contribution in [0.3, 0.4) is 0 Å². The maximum absolute atomic E-state index is 13.3. The number of carboxylic acid groups (broad SMARTS) is 1. The second-order valence-electron chi connectivity index (χ2n) is 7.91. The first kappa shape index (κ1) is 25.3. The van der Waals surface area contributed by atoms with E-state index in [1.54, 1.807) is 24.3 Å². The van der Waals surface area contributed by atoms with Crippen molar-refractivity contribution in [1.82, 2.24) is 14.9 Å². The van der Waals surface area contributed by atoms with Crippen LogP contribution in [-0.2, 0) is 24.4 Å². The van der Waals surface area contributed by atoms with Gasteiger partial charge in [0, 0.05) is 5.56 Å². The number of benzene rings is 1. The van der Waals surface area contributed by atoms with Crippen molar-refractivity contribution in [2.75, 3.05) is 6.54 Å². The van der Waals surface area contributed by atoms with Gasteiger partial charge in [-0.15, -0.1) is 0 Å². The number of nitrogen functional groups attached to an aromatic ring is 1. The third-order valence-corrected chi connectivity index (χ3v) is 7.41. The van der Waals surface area contributed by atoms with Crippen molar-refractivity contribution in [1.29, 1.82) is 5.41 Å². The number of nitrogens with two attached hydrogens (primary N) is 2. The zero-order valence-electron chi connectivity index (χ0n) is 18.5. The number of hydroxylamine groups is 1. The third-order valence-electron chi connectivity index (χ3n) is 5.38. The number of carboxylic acids is 1. The van der Waals surface area contributed by atoms with Crippen LogP contribution >= 0.6 is 0 Å². The summed E-state index contributed by atoms with van der Waals surface area (Å²) in [4.78, 5) is 29.5. The molecule has 14 heteroatoms. The first-order valence-corrected chi connectivity index (χ1v) is 11.7. The number of nitrogens with one attached hydrogen (secondary N) is 2. The summed E-state index contributed by atoms with van der Waals surface area (Å²) in [6, 6.07) is 4.98. The van der Waals surface area contributed by atoms with E-state index in [-0.39, 0.29) is 34.6 Å². The summed E-state index contributed by atoms with van der Waals surface area (Å²) in [5.41, 5.74) is 15.2. The second kappa shape index (κ2) is 9.89. The third kappa shape index (κ3) is 5.25. The van der Waals surface area contributed by atoms with Gasteiger partial charge >= 0.3 is 5.97 Å². The lowest BCUT2D eigenvalue weighted by Crippen LogP contribution is -2.48. The van der Waals surface area contributed by atoms with Crippen LogP contribution in [0.5, 0.6) is 0 Å². The van der Waals surface area contributed by atoms with E-state index < -0.39 is 40.6 Å². The van der Waals surface area contributed by atoms with E-state index in [2.05, 4.69) is 10.6 Å². The standard InChI is InChI=1S/C20H26N6O7S/c1-10-18(11(2)32-24-10)34(30,31)26(9-15(21)20(28)29)17(27)8-14-7-16(25-33-14)12-3-5-13(6-4-12)19(22)23/h3-6,14-16,25H,7-9,21H2,1-2H3,(H3,22,23)(H,28,29)/t14-,15+,16+/m1/s1. The zero-order chi connectivity index (χ0) is 25.2. The molecular weight excluding hydrogens is 468 g/mol. The van der Waals surface area contributed by atoms with Crippen molar-refractivity contribution in [2.45, 2.75) is 49.8 Å². The highest BCUT2D eigenvalue weighted by Crippen LogP contribution is 2.29. The molecule has 0 unspecified atom stereocenters. The maximum atomic E-state index is 13.3. The van der Waals surface area contributed by atoms with Gasteiger partial charge < -0.3 is 21.1 Å². The van der Waals surface area contributed by atoms with Gasteiger partial charge in [0.1, 0.15) is 17.6 Å². The Bertz CT molecular complexity index is 1170. The molecule has 1 aromatic carbocycles. The number of amidine groups is 1. The molecule has 0 radical (unpaired) electrons. The fraction of sp³-hybridized carbons (Fsp3) is 0.400. The van der Waals surface area contributed by atoms with Crippen molar-refractivity contribution in [2.24, 2.45) is 11.5 Å². The number of aromatic nitrogens is 1. The predicted molar refractivity (Wildman–Crippen MR) is 118 cm³/mol. The predicted octanol–water partition coefficient (Wildman–Crippen LogP) is -0.0704. The number of aryl methyl sites for hydroxylation is 2. The molecule has 0 spiro atoms. The molecule has 34 heavy (non-hydrogen) atoms. The van der Waals surface area contributed by atoms with Gasteiger partial charge in [-0.3, -0.25) is 19.8 Å². The molecule has 1 aromatic heterocycles. The molecule has 1 aliphatic rings. The maximum Gasteiger partial charge on any atom is 0.322 e. The highest BCUT2D eigenvalue weighted by molar-refractivity contribution is 7.89. The Morgan fingerprint density at radius 2 is 1.97 bits per heavy atom. The molecule has 0 bridgehead atoms. The molecule has 0 aliphatic carbocycles. The van der Waals surface area contributed by atoms with E-state index in [0.29, 0.717) is 16.3 Å². The molecule has 3 atom stereocenters. The monoisotopic (exact) mass is 494 g/mol. The summed E-state index contributed by atoms with van der Waals surface area (Å²) < 4.78 is 31.9. The fourth-order valence-electron chi connectivity index (χ4n) is 3.60. The van der Waals surface area contributed by atoms with Gasteiger partial charge in [-0.05, 0) is 25.8 Å². The van der Waals surface area contributed by atoms with Crippen molar-refractivity contribution >= 4 is 27.7 Å². The smallest absolute Gasteiger partial charge is 0.322 e.